The first-order valence-corrected chi connectivity index (χ1v) is 11.7. The predicted octanol–water partition coefficient (Wildman–Crippen LogP) is 5.56. The average molecular weight is 407 g/mol. The summed E-state index contributed by atoms with van der Waals surface area (Å²) in [4.78, 5) is 20.2. The second-order valence-corrected chi connectivity index (χ2v) is 9.92. The van der Waals surface area contributed by atoms with E-state index < -0.39 is 0 Å². The lowest BCUT2D eigenvalue weighted by Gasteiger charge is -2.29. The van der Waals surface area contributed by atoms with Gasteiger partial charge in [0.15, 0.2) is 5.16 Å². The van der Waals surface area contributed by atoms with Crippen LogP contribution >= 0.6 is 23.1 Å². The smallest absolute Gasteiger partial charge is 0.263 e. The van der Waals surface area contributed by atoms with E-state index in [1.807, 2.05) is 0 Å². The van der Waals surface area contributed by atoms with E-state index in [9.17, 15) is 4.79 Å². The zero-order chi connectivity index (χ0) is 19.4. The molecule has 4 nitrogen and oxygen atoms in total. The Bertz CT molecular complexity index is 867. The molecule has 0 amide bonds. The van der Waals surface area contributed by atoms with E-state index in [1.165, 1.54) is 25.7 Å². The van der Waals surface area contributed by atoms with Crippen LogP contribution in [0, 0.1) is 0 Å². The summed E-state index contributed by atoms with van der Waals surface area (Å²) < 4.78 is 7.73. The van der Waals surface area contributed by atoms with Gasteiger partial charge in [0.2, 0.25) is 0 Å². The summed E-state index contributed by atoms with van der Waals surface area (Å²) in [5.41, 5.74) is 0.976. The van der Waals surface area contributed by atoms with Gasteiger partial charge < -0.3 is 4.74 Å². The third-order valence-electron chi connectivity index (χ3n) is 4.95. The molecule has 0 fully saturated rings. The Balaban J connectivity index is 1.90. The van der Waals surface area contributed by atoms with Crippen LogP contribution in [0.1, 0.15) is 63.3 Å². The van der Waals surface area contributed by atoms with Gasteiger partial charge in [-0.3, -0.25) is 9.36 Å². The number of rotatable bonds is 9. The van der Waals surface area contributed by atoms with Crippen LogP contribution in [0.5, 0.6) is 0 Å². The minimum Gasteiger partial charge on any atom is -0.370 e. The van der Waals surface area contributed by atoms with Crippen molar-refractivity contribution in [1.29, 1.82) is 0 Å². The number of hydrogen-bond acceptors (Lipinski definition) is 5. The number of fused-ring (bicyclic) bond motifs is 3. The quantitative estimate of drug-likeness (QED) is 0.237. The molecule has 0 unspecified atom stereocenters. The molecule has 1 aliphatic rings. The molecule has 0 spiro atoms. The van der Waals surface area contributed by atoms with Crippen molar-refractivity contribution in [2.45, 2.75) is 83.2 Å². The molecule has 0 bridgehead atoms. The molecular weight excluding hydrogens is 376 g/mol. The molecule has 0 N–H and O–H groups in total. The van der Waals surface area contributed by atoms with Gasteiger partial charge in [0.1, 0.15) is 4.83 Å². The third kappa shape index (κ3) is 4.66. The minimum absolute atomic E-state index is 0.0728. The number of ether oxygens (including phenoxy) is 1. The number of unbranched alkanes of at least 4 members (excludes halogenated alkanes) is 4. The first-order valence-electron chi connectivity index (χ1n) is 9.89. The van der Waals surface area contributed by atoms with E-state index in [4.69, 9.17) is 9.72 Å². The molecule has 6 heteroatoms. The number of hydrogen-bond donors (Lipinski definition) is 0. The lowest BCUT2D eigenvalue weighted by Crippen LogP contribution is -2.32. The second-order valence-electron chi connectivity index (χ2n) is 7.77. The number of thioether (sulfide) groups is 1. The van der Waals surface area contributed by atoms with Crippen molar-refractivity contribution >= 4 is 33.3 Å². The molecule has 0 atom stereocenters. The van der Waals surface area contributed by atoms with Gasteiger partial charge >= 0.3 is 0 Å². The largest absolute Gasteiger partial charge is 0.370 e. The monoisotopic (exact) mass is 406 g/mol. The van der Waals surface area contributed by atoms with E-state index in [0.29, 0.717) is 13.2 Å². The summed E-state index contributed by atoms with van der Waals surface area (Å²) in [6.45, 7) is 11.3. The van der Waals surface area contributed by atoms with E-state index in [-0.39, 0.29) is 11.2 Å². The maximum absolute atomic E-state index is 13.3. The molecule has 0 aliphatic carbocycles. The Morgan fingerprint density at radius 2 is 2.11 bits per heavy atom. The summed E-state index contributed by atoms with van der Waals surface area (Å²) >= 11 is 3.32. The van der Waals surface area contributed by atoms with Gasteiger partial charge in [-0.1, -0.05) is 50.4 Å². The van der Waals surface area contributed by atoms with Gasteiger partial charge in [-0.15, -0.1) is 17.9 Å². The fourth-order valence-electron chi connectivity index (χ4n) is 3.48. The Morgan fingerprint density at radius 3 is 2.85 bits per heavy atom. The third-order valence-corrected chi connectivity index (χ3v) is 7.11. The highest BCUT2D eigenvalue weighted by Gasteiger charge is 2.31. The molecule has 27 heavy (non-hydrogen) atoms. The first kappa shape index (κ1) is 20.6. The highest BCUT2D eigenvalue weighted by Crippen LogP contribution is 2.37. The van der Waals surface area contributed by atoms with Gasteiger partial charge in [-0.05, 0) is 25.8 Å². The predicted molar refractivity (Wildman–Crippen MR) is 116 cm³/mol. The number of allylic oxidation sites excluding steroid dienone is 1. The standard InChI is InChI=1S/C21H30N2O2S2/c1-5-7-8-9-10-12-26-20-22-18-17(19(24)23(20)11-6-2)15-13-21(3,4)25-14-16(15)27-18/h6H,2,5,7-14H2,1,3-4H3. The lowest BCUT2D eigenvalue weighted by molar-refractivity contribution is -0.0379. The summed E-state index contributed by atoms with van der Waals surface area (Å²) in [6, 6.07) is 0. The SMILES string of the molecule is C=CCn1c(SCCCCCCC)nc2sc3c(c2c1=O)CC(C)(C)OC3. The van der Waals surface area contributed by atoms with Crippen molar-refractivity contribution in [3.05, 3.63) is 33.4 Å². The fraction of sp³-hybridized carbons (Fsp3) is 0.619. The van der Waals surface area contributed by atoms with E-state index in [0.717, 1.165) is 44.4 Å². The van der Waals surface area contributed by atoms with Gasteiger partial charge in [0.25, 0.3) is 5.56 Å². The highest BCUT2D eigenvalue weighted by atomic mass is 32.2. The molecule has 3 heterocycles. The molecule has 0 aromatic carbocycles. The zero-order valence-corrected chi connectivity index (χ0v) is 18.3. The van der Waals surface area contributed by atoms with Gasteiger partial charge in [0, 0.05) is 23.6 Å². The topological polar surface area (TPSA) is 44.1 Å². The van der Waals surface area contributed by atoms with E-state index >= 15 is 0 Å². The van der Waals surface area contributed by atoms with Gasteiger partial charge in [-0.2, -0.15) is 0 Å². The zero-order valence-electron chi connectivity index (χ0n) is 16.7. The van der Waals surface area contributed by atoms with Gasteiger partial charge in [-0.25, -0.2) is 4.98 Å². The molecule has 148 valence electrons. The second kappa shape index (κ2) is 8.93. The number of nitrogens with zero attached hydrogens (tertiary/aromatic N) is 2. The van der Waals surface area contributed by atoms with Crippen molar-refractivity contribution in [3.63, 3.8) is 0 Å². The van der Waals surface area contributed by atoms with E-state index in [2.05, 4.69) is 27.4 Å². The molecule has 3 rings (SSSR count). The number of aromatic nitrogens is 2. The molecule has 1 aliphatic heterocycles. The van der Waals surface area contributed by atoms with Crippen molar-refractivity contribution in [2.24, 2.45) is 0 Å². The summed E-state index contributed by atoms with van der Waals surface area (Å²) in [5, 5.41) is 1.61. The maximum atomic E-state index is 13.3. The van der Waals surface area contributed by atoms with Crippen molar-refractivity contribution in [1.82, 2.24) is 9.55 Å². The Labute approximate surface area is 170 Å². The van der Waals surface area contributed by atoms with E-state index in [1.54, 1.807) is 33.7 Å². The van der Waals surface area contributed by atoms with Crippen LogP contribution in [0.4, 0.5) is 0 Å². The van der Waals surface area contributed by atoms with Crippen molar-refractivity contribution in [2.75, 3.05) is 5.75 Å². The Kier molecular flexibility index (Phi) is 6.82. The Hall–Kier alpha value is -1.11. The maximum Gasteiger partial charge on any atom is 0.263 e. The van der Waals surface area contributed by atoms with Crippen LogP contribution in [0.25, 0.3) is 10.2 Å². The van der Waals surface area contributed by atoms with Crippen LogP contribution in [0.2, 0.25) is 0 Å². The van der Waals surface area contributed by atoms with Crippen LogP contribution in [-0.2, 0) is 24.3 Å². The van der Waals surface area contributed by atoms with Gasteiger partial charge in [0.05, 0.1) is 17.6 Å². The summed E-state index contributed by atoms with van der Waals surface area (Å²) in [7, 11) is 0. The summed E-state index contributed by atoms with van der Waals surface area (Å²) in [6.07, 6.45) is 8.80. The molecule has 2 aromatic heterocycles. The summed E-state index contributed by atoms with van der Waals surface area (Å²) in [5.74, 6) is 1.00. The van der Waals surface area contributed by atoms with Crippen LogP contribution in [-0.4, -0.2) is 20.9 Å². The lowest BCUT2D eigenvalue weighted by atomic mass is 9.94. The number of thiophene rings is 1. The minimum atomic E-state index is -0.234. The molecule has 2 aromatic rings. The van der Waals surface area contributed by atoms with Crippen LogP contribution in [0.15, 0.2) is 22.6 Å². The van der Waals surface area contributed by atoms with Crippen LogP contribution in [0.3, 0.4) is 0 Å². The Morgan fingerprint density at radius 1 is 1.33 bits per heavy atom. The highest BCUT2D eigenvalue weighted by molar-refractivity contribution is 7.99. The molecular formula is C21H30N2O2S2. The molecule has 0 saturated carbocycles. The molecule has 0 saturated heterocycles. The average Bonchev–Trinajstić information content (AvgIpc) is 2.97. The van der Waals surface area contributed by atoms with Crippen LogP contribution < -0.4 is 5.56 Å². The van der Waals surface area contributed by atoms with Crippen molar-refractivity contribution in [3.8, 4) is 0 Å². The normalized spacial score (nSPS) is 15.8. The van der Waals surface area contributed by atoms with Crippen molar-refractivity contribution < 1.29 is 4.74 Å². The molecule has 0 radical (unpaired) electrons. The fourth-order valence-corrected chi connectivity index (χ4v) is 5.63. The first-order chi connectivity index (χ1) is 13.0.